The highest BCUT2D eigenvalue weighted by atomic mass is 35.5. The van der Waals surface area contributed by atoms with Crippen LogP contribution in [0.25, 0.3) is 10.9 Å². The Morgan fingerprint density at radius 1 is 1.25 bits per heavy atom. The van der Waals surface area contributed by atoms with Gasteiger partial charge in [0.2, 0.25) is 0 Å². The normalized spacial score (nSPS) is 16.4. The van der Waals surface area contributed by atoms with Gasteiger partial charge in [-0.25, -0.2) is 0 Å². The third-order valence-corrected chi connectivity index (χ3v) is 4.25. The van der Waals surface area contributed by atoms with Crippen molar-refractivity contribution in [3.05, 3.63) is 35.5 Å². The van der Waals surface area contributed by atoms with Crippen molar-refractivity contribution in [2.24, 2.45) is 5.92 Å². The lowest BCUT2D eigenvalue weighted by atomic mass is 9.95. The molecule has 0 radical (unpaired) electrons. The van der Waals surface area contributed by atoms with Crippen LogP contribution in [0, 0.1) is 5.92 Å². The van der Waals surface area contributed by atoms with Gasteiger partial charge in [-0.05, 0) is 62.5 Å². The molecule has 1 aromatic heterocycles. The van der Waals surface area contributed by atoms with Crippen LogP contribution in [-0.4, -0.2) is 24.7 Å². The van der Waals surface area contributed by atoms with Gasteiger partial charge in [-0.1, -0.05) is 11.6 Å². The lowest BCUT2D eigenvalue weighted by Crippen LogP contribution is -2.28. The second-order valence-electron chi connectivity index (χ2n) is 5.28. The van der Waals surface area contributed by atoms with Crippen molar-refractivity contribution in [1.29, 1.82) is 0 Å². The molecule has 2 heterocycles. The molecule has 0 saturated carbocycles. The molecule has 1 fully saturated rings. The molecule has 106 valence electrons. The van der Waals surface area contributed by atoms with E-state index in [9.17, 15) is 0 Å². The van der Waals surface area contributed by atoms with Crippen molar-refractivity contribution in [2.45, 2.75) is 19.3 Å². The van der Waals surface area contributed by atoms with Crippen molar-refractivity contribution in [3.8, 4) is 5.75 Å². The summed E-state index contributed by atoms with van der Waals surface area (Å²) in [6.45, 7) is 3.02. The molecule has 0 unspecified atom stereocenters. The molecule has 0 aliphatic carbocycles. The summed E-state index contributed by atoms with van der Waals surface area (Å²) in [5.41, 5.74) is 0.852. The number of nitrogens with zero attached hydrogens (tertiary/aromatic N) is 1. The van der Waals surface area contributed by atoms with Crippen LogP contribution in [0.5, 0.6) is 5.75 Å². The predicted molar refractivity (Wildman–Crippen MR) is 82.5 cm³/mol. The largest absolute Gasteiger partial charge is 0.491 e. The van der Waals surface area contributed by atoms with Crippen molar-refractivity contribution >= 4 is 22.5 Å². The fourth-order valence-corrected chi connectivity index (χ4v) is 2.95. The monoisotopic (exact) mass is 290 g/mol. The number of aromatic nitrogens is 1. The van der Waals surface area contributed by atoms with Crippen LogP contribution in [0.15, 0.2) is 30.5 Å². The van der Waals surface area contributed by atoms with E-state index in [1.165, 1.54) is 12.8 Å². The van der Waals surface area contributed by atoms with E-state index < -0.39 is 0 Å². The highest BCUT2D eigenvalue weighted by Gasteiger charge is 2.13. The van der Waals surface area contributed by atoms with Crippen LogP contribution >= 0.6 is 11.6 Å². The summed E-state index contributed by atoms with van der Waals surface area (Å²) >= 11 is 6.18. The van der Waals surface area contributed by atoms with E-state index in [1.54, 1.807) is 6.20 Å². The van der Waals surface area contributed by atoms with Crippen molar-refractivity contribution in [2.75, 3.05) is 19.7 Å². The number of hydrogen-bond donors (Lipinski definition) is 1. The maximum atomic E-state index is 6.18. The van der Waals surface area contributed by atoms with Crippen LogP contribution < -0.4 is 10.1 Å². The zero-order valence-electron chi connectivity index (χ0n) is 11.4. The number of halogens is 1. The summed E-state index contributed by atoms with van der Waals surface area (Å²) in [5, 5.41) is 5.06. The zero-order valence-corrected chi connectivity index (χ0v) is 12.2. The molecule has 4 heteroatoms. The molecule has 1 aliphatic rings. The quantitative estimate of drug-likeness (QED) is 0.933. The summed E-state index contributed by atoms with van der Waals surface area (Å²) in [7, 11) is 0. The molecule has 0 bridgehead atoms. The van der Waals surface area contributed by atoms with Crippen LogP contribution in [0.3, 0.4) is 0 Å². The van der Waals surface area contributed by atoms with Gasteiger partial charge in [0.15, 0.2) is 0 Å². The number of pyridine rings is 1. The van der Waals surface area contributed by atoms with Crippen LogP contribution in [0.1, 0.15) is 19.3 Å². The van der Waals surface area contributed by atoms with Crippen molar-refractivity contribution in [3.63, 3.8) is 0 Å². The Balaban J connectivity index is 1.67. The lowest BCUT2D eigenvalue weighted by molar-refractivity contribution is 0.253. The standard InChI is InChI=1S/C16H19ClN2O/c17-14-3-4-15(16-13(14)2-1-8-19-16)20-11-7-12-5-9-18-10-6-12/h1-4,8,12,18H,5-7,9-11H2. The Morgan fingerprint density at radius 3 is 2.95 bits per heavy atom. The number of hydrogen-bond acceptors (Lipinski definition) is 3. The predicted octanol–water partition coefficient (Wildman–Crippen LogP) is 3.66. The number of piperidine rings is 1. The first kappa shape index (κ1) is 13.7. The van der Waals surface area contributed by atoms with Crippen LogP contribution in [0.2, 0.25) is 5.02 Å². The van der Waals surface area contributed by atoms with Crippen LogP contribution in [0.4, 0.5) is 0 Å². The molecule has 0 atom stereocenters. The Labute approximate surface area is 124 Å². The maximum Gasteiger partial charge on any atom is 0.145 e. The SMILES string of the molecule is Clc1ccc(OCCC2CCNCC2)c2ncccc12. The van der Waals surface area contributed by atoms with Crippen molar-refractivity contribution in [1.82, 2.24) is 10.3 Å². The minimum Gasteiger partial charge on any atom is -0.491 e. The van der Waals surface area contributed by atoms with Crippen LogP contribution in [-0.2, 0) is 0 Å². The zero-order chi connectivity index (χ0) is 13.8. The average molecular weight is 291 g/mol. The molecular formula is C16H19ClN2O. The molecule has 0 spiro atoms. The van der Waals surface area contributed by atoms with E-state index in [4.69, 9.17) is 16.3 Å². The molecule has 3 nitrogen and oxygen atoms in total. The second kappa shape index (κ2) is 6.42. The number of nitrogens with one attached hydrogen (secondary N) is 1. The number of ether oxygens (including phenoxy) is 1. The highest BCUT2D eigenvalue weighted by Crippen LogP contribution is 2.30. The first-order valence-electron chi connectivity index (χ1n) is 7.21. The van der Waals surface area contributed by atoms with Gasteiger partial charge in [0, 0.05) is 11.6 Å². The summed E-state index contributed by atoms with van der Waals surface area (Å²) < 4.78 is 5.94. The van der Waals surface area contributed by atoms with Crippen molar-refractivity contribution < 1.29 is 4.74 Å². The second-order valence-corrected chi connectivity index (χ2v) is 5.68. The van der Waals surface area contributed by atoms with E-state index in [0.717, 1.165) is 53.7 Å². The minimum atomic E-state index is 0.721. The van der Waals surface area contributed by atoms with Gasteiger partial charge in [0.25, 0.3) is 0 Å². The Bertz CT molecular complexity index is 582. The van der Waals surface area contributed by atoms with Gasteiger partial charge in [0.05, 0.1) is 11.6 Å². The molecule has 1 saturated heterocycles. The molecule has 3 rings (SSSR count). The Morgan fingerprint density at radius 2 is 2.10 bits per heavy atom. The summed E-state index contributed by atoms with van der Waals surface area (Å²) in [6, 6.07) is 7.67. The summed E-state index contributed by atoms with van der Waals surface area (Å²) in [5.74, 6) is 1.61. The highest BCUT2D eigenvalue weighted by molar-refractivity contribution is 6.35. The maximum absolute atomic E-state index is 6.18. The molecule has 20 heavy (non-hydrogen) atoms. The topological polar surface area (TPSA) is 34.1 Å². The van der Waals surface area contributed by atoms with Gasteiger partial charge < -0.3 is 10.1 Å². The molecule has 0 amide bonds. The number of fused-ring (bicyclic) bond motifs is 1. The summed E-state index contributed by atoms with van der Waals surface area (Å²) in [6.07, 6.45) is 5.39. The first-order chi connectivity index (χ1) is 9.84. The van der Waals surface area contributed by atoms with Gasteiger partial charge in [-0.3, -0.25) is 4.98 Å². The first-order valence-corrected chi connectivity index (χ1v) is 7.59. The molecule has 2 aromatic rings. The smallest absolute Gasteiger partial charge is 0.145 e. The third-order valence-electron chi connectivity index (χ3n) is 3.92. The van der Waals surface area contributed by atoms with Gasteiger partial charge in [-0.2, -0.15) is 0 Å². The molecule has 1 aliphatic heterocycles. The minimum absolute atomic E-state index is 0.721. The molecular weight excluding hydrogens is 272 g/mol. The van der Waals surface area contributed by atoms with E-state index in [-0.39, 0.29) is 0 Å². The van der Waals surface area contributed by atoms with Gasteiger partial charge in [-0.15, -0.1) is 0 Å². The number of rotatable bonds is 4. The summed E-state index contributed by atoms with van der Waals surface area (Å²) in [4.78, 5) is 4.39. The fourth-order valence-electron chi connectivity index (χ4n) is 2.73. The molecule has 1 aromatic carbocycles. The van der Waals surface area contributed by atoms with Gasteiger partial charge in [0.1, 0.15) is 11.3 Å². The molecule has 1 N–H and O–H groups in total. The van der Waals surface area contributed by atoms with E-state index >= 15 is 0 Å². The third kappa shape index (κ3) is 3.05. The van der Waals surface area contributed by atoms with Gasteiger partial charge >= 0.3 is 0 Å². The van der Waals surface area contributed by atoms with E-state index in [2.05, 4.69) is 10.3 Å². The Kier molecular flexibility index (Phi) is 4.38. The fraction of sp³-hybridized carbons (Fsp3) is 0.438. The Hall–Kier alpha value is -1.32. The average Bonchev–Trinajstić information content (AvgIpc) is 2.51. The lowest BCUT2D eigenvalue weighted by Gasteiger charge is -2.22. The van der Waals surface area contributed by atoms with E-state index in [0.29, 0.717) is 0 Å². The van der Waals surface area contributed by atoms with E-state index in [1.807, 2.05) is 24.3 Å². The number of benzene rings is 1.